The fourth-order valence-corrected chi connectivity index (χ4v) is 8.08. The van der Waals surface area contributed by atoms with E-state index in [1.807, 2.05) is 59.0 Å². The summed E-state index contributed by atoms with van der Waals surface area (Å²) < 4.78 is 1.84. The molecule has 1 aliphatic carbocycles. The van der Waals surface area contributed by atoms with Crippen LogP contribution in [0.4, 0.5) is 0 Å². The number of nitrogens with one attached hydrogen (secondary N) is 1. The first-order valence-corrected chi connectivity index (χ1v) is 14.6. The number of fused-ring (bicyclic) bond motifs is 2. The number of aryl methyl sites for hydroxylation is 2. The monoisotopic (exact) mass is 553 g/mol. The van der Waals surface area contributed by atoms with E-state index in [0.717, 1.165) is 33.3 Å². The first-order chi connectivity index (χ1) is 17.8. The van der Waals surface area contributed by atoms with Gasteiger partial charge in [0.25, 0.3) is 11.8 Å². The number of halogens is 1. The third-order valence-corrected chi connectivity index (χ3v) is 9.73. The highest BCUT2D eigenvalue weighted by molar-refractivity contribution is 7.15. The van der Waals surface area contributed by atoms with Crippen LogP contribution in [-0.2, 0) is 0 Å². The summed E-state index contributed by atoms with van der Waals surface area (Å²) in [5.74, 6) is 1.20. The molecule has 1 N–H and O–H groups in total. The molecular formula is C27H28ClN5O2S2. The van der Waals surface area contributed by atoms with Crippen molar-refractivity contribution in [2.75, 3.05) is 13.1 Å². The molecule has 1 aliphatic heterocycles. The van der Waals surface area contributed by atoms with E-state index in [-0.39, 0.29) is 17.9 Å². The van der Waals surface area contributed by atoms with Gasteiger partial charge in [0, 0.05) is 29.7 Å². The van der Waals surface area contributed by atoms with Crippen LogP contribution in [0.3, 0.4) is 0 Å². The van der Waals surface area contributed by atoms with Gasteiger partial charge in [0.1, 0.15) is 11.4 Å². The van der Waals surface area contributed by atoms with Crippen LogP contribution >= 0.6 is 34.3 Å². The minimum Gasteiger partial charge on any atom is -0.349 e. The van der Waals surface area contributed by atoms with Crippen molar-refractivity contribution >= 4 is 51.0 Å². The lowest BCUT2D eigenvalue weighted by molar-refractivity contribution is 0.0692. The molecule has 4 atom stereocenters. The topological polar surface area (TPSA) is 79.6 Å². The molecule has 3 aromatic heterocycles. The standard InChI is InChI=1S/C27H28ClN5O2S2/c1-14-9-18-13-33(26(35)22-24(37-16(3)31-22)17-5-4-6-19(28)11-17)21(20(18)10-14)12-29-25(34)23-15(2)30-27-32(23)7-8-36-27/h4-8,11,14,18,20-21H,9-10,12-13H2,1-3H3,(H,29,34)/t14?,18?,20-,21+/m0/s1. The van der Waals surface area contributed by atoms with Crippen molar-refractivity contribution in [3.8, 4) is 10.4 Å². The zero-order valence-corrected chi connectivity index (χ0v) is 23.3. The summed E-state index contributed by atoms with van der Waals surface area (Å²) >= 11 is 9.27. The van der Waals surface area contributed by atoms with Crippen LogP contribution in [0.2, 0.25) is 5.02 Å². The average Bonchev–Trinajstić information content (AvgIpc) is 3.64. The zero-order valence-electron chi connectivity index (χ0n) is 20.9. The van der Waals surface area contributed by atoms with Gasteiger partial charge < -0.3 is 10.2 Å². The molecule has 1 saturated carbocycles. The molecule has 10 heteroatoms. The Kier molecular flexibility index (Phi) is 6.33. The van der Waals surface area contributed by atoms with Crippen molar-refractivity contribution < 1.29 is 9.59 Å². The highest BCUT2D eigenvalue weighted by Crippen LogP contribution is 2.46. The number of carbonyl (C=O) groups is 2. The van der Waals surface area contributed by atoms with Crippen molar-refractivity contribution in [2.24, 2.45) is 17.8 Å². The molecule has 1 saturated heterocycles. The van der Waals surface area contributed by atoms with Crippen molar-refractivity contribution in [3.05, 3.63) is 63.0 Å². The van der Waals surface area contributed by atoms with Crippen molar-refractivity contribution in [3.63, 3.8) is 0 Å². The number of aromatic nitrogens is 3. The van der Waals surface area contributed by atoms with Gasteiger partial charge in [-0.25, -0.2) is 9.97 Å². The lowest BCUT2D eigenvalue weighted by atomic mass is 9.93. The molecule has 1 aromatic carbocycles. The van der Waals surface area contributed by atoms with E-state index in [0.29, 0.717) is 52.9 Å². The molecule has 0 bridgehead atoms. The van der Waals surface area contributed by atoms with E-state index in [4.69, 9.17) is 11.6 Å². The van der Waals surface area contributed by atoms with Crippen LogP contribution in [0.5, 0.6) is 0 Å². The fraction of sp³-hybridized carbons (Fsp3) is 0.407. The lowest BCUT2D eigenvalue weighted by Gasteiger charge is -2.28. The Labute approximate surface area is 228 Å². The van der Waals surface area contributed by atoms with Crippen LogP contribution in [-0.4, -0.2) is 50.2 Å². The number of nitrogens with zero attached hydrogens (tertiary/aromatic N) is 4. The molecule has 2 fully saturated rings. The van der Waals surface area contributed by atoms with Crippen LogP contribution in [0.1, 0.15) is 51.4 Å². The minimum absolute atomic E-state index is 0.0682. The SMILES string of the molecule is Cc1nc(C(=O)N2CC3CC(C)C[C@@H]3[C@H]2CNC(=O)c2c(C)nc3sccn23)c(-c2cccc(Cl)c2)s1. The van der Waals surface area contributed by atoms with Gasteiger partial charge in [-0.2, -0.15) is 0 Å². The third-order valence-electron chi connectivity index (χ3n) is 7.72. The van der Waals surface area contributed by atoms with Crippen LogP contribution < -0.4 is 5.32 Å². The predicted octanol–water partition coefficient (Wildman–Crippen LogP) is 5.71. The second-order valence-corrected chi connectivity index (χ2v) is 12.8. The molecule has 4 heterocycles. The van der Waals surface area contributed by atoms with Crippen LogP contribution in [0.25, 0.3) is 15.4 Å². The van der Waals surface area contributed by atoms with Crippen LogP contribution in [0, 0.1) is 31.6 Å². The summed E-state index contributed by atoms with van der Waals surface area (Å²) in [6.07, 6.45) is 4.04. The molecule has 7 nitrogen and oxygen atoms in total. The molecule has 0 radical (unpaired) electrons. The van der Waals surface area contributed by atoms with Crippen LogP contribution in [0.15, 0.2) is 35.8 Å². The number of carbonyl (C=O) groups excluding carboxylic acids is 2. The largest absolute Gasteiger partial charge is 0.349 e. The lowest BCUT2D eigenvalue weighted by Crippen LogP contribution is -2.46. The van der Waals surface area contributed by atoms with Gasteiger partial charge >= 0.3 is 0 Å². The van der Waals surface area contributed by atoms with Crippen molar-refractivity contribution in [2.45, 2.75) is 39.7 Å². The summed E-state index contributed by atoms with van der Waals surface area (Å²) in [5.41, 5.74) is 2.64. The van der Waals surface area contributed by atoms with Gasteiger partial charge in [0.2, 0.25) is 0 Å². The Morgan fingerprint density at radius 2 is 2.05 bits per heavy atom. The number of likely N-dealkylation sites (tertiary alicyclic amines) is 1. The van der Waals surface area contributed by atoms with E-state index in [1.165, 1.54) is 22.7 Å². The van der Waals surface area contributed by atoms with Crippen molar-refractivity contribution in [1.29, 1.82) is 0 Å². The molecule has 6 rings (SSSR count). The highest BCUT2D eigenvalue weighted by atomic mass is 35.5. The minimum atomic E-state index is -0.158. The van der Waals surface area contributed by atoms with Gasteiger partial charge in [0.15, 0.2) is 4.96 Å². The third kappa shape index (κ3) is 4.36. The molecule has 0 spiro atoms. The Balaban J connectivity index is 1.28. The van der Waals surface area contributed by atoms with Gasteiger partial charge in [-0.05, 0) is 62.1 Å². The van der Waals surface area contributed by atoms with E-state index in [9.17, 15) is 9.59 Å². The van der Waals surface area contributed by atoms with Gasteiger partial charge in [0.05, 0.1) is 21.6 Å². The Morgan fingerprint density at radius 1 is 1.22 bits per heavy atom. The molecular weight excluding hydrogens is 526 g/mol. The Bertz CT molecular complexity index is 1510. The smallest absolute Gasteiger partial charge is 0.274 e. The zero-order chi connectivity index (χ0) is 25.8. The number of thiazole rings is 2. The maximum absolute atomic E-state index is 14.0. The van der Waals surface area contributed by atoms with E-state index in [1.54, 1.807) is 0 Å². The maximum atomic E-state index is 14.0. The first-order valence-electron chi connectivity index (χ1n) is 12.5. The van der Waals surface area contributed by atoms with E-state index < -0.39 is 0 Å². The number of amides is 2. The Hall–Kier alpha value is -2.75. The summed E-state index contributed by atoms with van der Waals surface area (Å²) in [6.45, 7) is 7.17. The molecule has 2 aliphatic rings. The molecule has 2 amide bonds. The van der Waals surface area contributed by atoms with Gasteiger partial charge in [-0.3, -0.25) is 14.0 Å². The quantitative estimate of drug-likeness (QED) is 0.343. The Morgan fingerprint density at radius 3 is 2.86 bits per heavy atom. The summed E-state index contributed by atoms with van der Waals surface area (Å²) in [5, 5.41) is 6.54. The summed E-state index contributed by atoms with van der Waals surface area (Å²) in [4.78, 5) is 40.1. The number of benzene rings is 1. The van der Waals surface area contributed by atoms with Crippen molar-refractivity contribution in [1.82, 2.24) is 24.6 Å². The normalized spacial score (nSPS) is 23.1. The predicted molar refractivity (Wildman–Crippen MR) is 148 cm³/mol. The highest BCUT2D eigenvalue weighted by Gasteiger charge is 2.48. The number of imidazole rings is 1. The maximum Gasteiger partial charge on any atom is 0.274 e. The summed E-state index contributed by atoms with van der Waals surface area (Å²) in [7, 11) is 0. The molecule has 2 unspecified atom stereocenters. The number of hydrogen-bond acceptors (Lipinski definition) is 6. The molecule has 37 heavy (non-hydrogen) atoms. The second kappa shape index (κ2) is 9.53. The van der Waals surface area contributed by atoms with E-state index in [2.05, 4.69) is 22.2 Å². The number of rotatable bonds is 5. The second-order valence-electron chi connectivity index (χ2n) is 10.3. The first kappa shape index (κ1) is 24.6. The molecule has 192 valence electrons. The van der Waals surface area contributed by atoms with Gasteiger partial charge in [-0.1, -0.05) is 30.7 Å². The molecule has 4 aromatic rings. The average molecular weight is 554 g/mol. The van der Waals surface area contributed by atoms with E-state index >= 15 is 0 Å². The summed E-state index contributed by atoms with van der Waals surface area (Å²) in [6, 6.07) is 7.49. The fourth-order valence-electron chi connectivity index (χ4n) is 6.22. The number of hydrogen-bond donors (Lipinski definition) is 1. The van der Waals surface area contributed by atoms with Gasteiger partial charge in [-0.15, -0.1) is 22.7 Å².